The zero-order chi connectivity index (χ0) is 14.0. The van der Waals surface area contributed by atoms with Crippen LogP contribution in [0.5, 0.6) is 0 Å². The number of rotatable bonds is 3. The van der Waals surface area contributed by atoms with Crippen LogP contribution < -0.4 is 10.6 Å². The number of aryl methyl sites for hydroxylation is 1. The summed E-state index contributed by atoms with van der Waals surface area (Å²) in [6.45, 7) is 11.0. The molecule has 4 heteroatoms. The standard InChI is InChI=1S/C15H25N3S/c1-11-7-13(8-12(2)16)9-17-14(11)18-5-6-19-15(3,4)10-18/h7,9,12H,5-6,8,10,16H2,1-4H3. The van der Waals surface area contributed by atoms with Gasteiger partial charge in [0.2, 0.25) is 0 Å². The monoisotopic (exact) mass is 279 g/mol. The first-order chi connectivity index (χ1) is 8.87. The molecule has 3 nitrogen and oxygen atoms in total. The van der Waals surface area contributed by atoms with E-state index in [0.717, 1.165) is 25.3 Å². The fourth-order valence-electron chi connectivity index (χ4n) is 2.64. The Hall–Kier alpha value is -0.740. The average Bonchev–Trinajstić information content (AvgIpc) is 2.26. The number of hydrogen-bond acceptors (Lipinski definition) is 4. The SMILES string of the molecule is Cc1cc(CC(C)N)cnc1N1CCSC(C)(C)C1. The first kappa shape index (κ1) is 14.7. The molecule has 2 rings (SSSR count). The highest BCUT2D eigenvalue weighted by Crippen LogP contribution is 2.32. The normalized spacial score (nSPS) is 20.4. The number of nitrogens with two attached hydrogens (primary N) is 1. The van der Waals surface area contributed by atoms with E-state index in [-0.39, 0.29) is 6.04 Å². The molecule has 2 heterocycles. The van der Waals surface area contributed by atoms with Crippen molar-refractivity contribution in [1.82, 2.24) is 4.98 Å². The second kappa shape index (κ2) is 5.71. The summed E-state index contributed by atoms with van der Waals surface area (Å²) in [5.41, 5.74) is 8.35. The van der Waals surface area contributed by atoms with Crippen molar-refractivity contribution in [1.29, 1.82) is 0 Å². The summed E-state index contributed by atoms with van der Waals surface area (Å²) in [6, 6.07) is 2.43. The highest BCUT2D eigenvalue weighted by molar-refractivity contribution is 8.00. The molecule has 0 radical (unpaired) electrons. The molecule has 2 N–H and O–H groups in total. The molecule has 0 aromatic carbocycles. The Bertz CT molecular complexity index is 443. The Kier molecular flexibility index (Phi) is 4.41. The molecule has 0 saturated carbocycles. The third-order valence-electron chi connectivity index (χ3n) is 3.39. The zero-order valence-electron chi connectivity index (χ0n) is 12.4. The minimum Gasteiger partial charge on any atom is -0.354 e. The van der Waals surface area contributed by atoms with Crippen molar-refractivity contribution < 1.29 is 0 Å². The Morgan fingerprint density at radius 2 is 2.26 bits per heavy atom. The van der Waals surface area contributed by atoms with E-state index in [1.807, 2.05) is 13.1 Å². The molecular formula is C15H25N3S. The molecule has 1 fully saturated rings. The van der Waals surface area contributed by atoms with E-state index in [0.29, 0.717) is 4.75 Å². The van der Waals surface area contributed by atoms with Crippen LogP contribution in [0.3, 0.4) is 0 Å². The van der Waals surface area contributed by atoms with Gasteiger partial charge in [-0.3, -0.25) is 0 Å². The van der Waals surface area contributed by atoms with E-state index >= 15 is 0 Å². The molecule has 1 atom stereocenters. The minimum absolute atomic E-state index is 0.192. The molecule has 1 aliphatic heterocycles. The van der Waals surface area contributed by atoms with Gasteiger partial charge in [-0.1, -0.05) is 6.07 Å². The summed E-state index contributed by atoms with van der Waals surface area (Å²) in [6.07, 6.45) is 2.88. The number of pyridine rings is 1. The molecule has 1 aromatic rings. The molecule has 1 saturated heterocycles. The lowest BCUT2D eigenvalue weighted by Crippen LogP contribution is -2.43. The summed E-state index contributed by atoms with van der Waals surface area (Å²) < 4.78 is 0.316. The van der Waals surface area contributed by atoms with Gasteiger partial charge in [0.15, 0.2) is 0 Å². The van der Waals surface area contributed by atoms with E-state index in [4.69, 9.17) is 5.73 Å². The van der Waals surface area contributed by atoms with Crippen molar-refractivity contribution in [2.24, 2.45) is 5.73 Å². The predicted octanol–water partition coefficient (Wildman–Crippen LogP) is 2.61. The zero-order valence-corrected chi connectivity index (χ0v) is 13.3. The van der Waals surface area contributed by atoms with Crippen molar-refractivity contribution in [3.63, 3.8) is 0 Å². The quantitative estimate of drug-likeness (QED) is 0.923. The van der Waals surface area contributed by atoms with Crippen LogP contribution in [0.1, 0.15) is 31.9 Å². The van der Waals surface area contributed by atoms with Gasteiger partial charge < -0.3 is 10.6 Å². The largest absolute Gasteiger partial charge is 0.354 e. The maximum atomic E-state index is 5.85. The van der Waals surface area contributed by atoms with Crippen LogP contribution in [0.25, 0.3) is 0 Å². The van der Waals surface area contributed by atoms with Gasteiger partial charge >= 0.3 is 0 Å². The molecule has 106 valence electrons. The van der Waals surface area contributed by atoms with Crippen LogP contribution in [-0.4, -0.2) is 34.6 Å². The number of thioether (sulfide) groups is 1. The Morgan fingerprint density at radius 1 is 1.53 bits per heavy atom. The fraction of sp³-hybridized carbons (Fsp3) is 0.667. The summed E-state index contributed by atoms with van der Waals surface area (Å²) >= 11 is 2.05. The molecule has 0 spiro atoms. The maximum absolute atomic E-state index is 5.85. The lowest BCUT2D eigenvalue weighted by atomic mass is 10.1. The molecule has 0 amide bonds. The third kappa shape index (κ3) is 3.86. The van der Waals surface area contributed by atoms with Crippen molar-refractivity contribution in [3.05, 3.63) is 23.4 Å². The molecule has 1 aromatic heterocycles. The number of aromatic nitrogens is 1. The van der Waals surface area contributed by atoms with Crippen molar-refractivity contribution in [2.45, 2.75) is 44.9 Å². The van der Waals surface area contributed by atoms with Gasteiger partial charge in [-0.2, -0.15) is 11.8 Å². The summed E-state index contributed by atoms with van der Waals surface area (Å²) in [4.78, 5) is 7.10. The number of nitrogens with zero attached hydrogens (tertiary/aromatic N) is 2. The summed E-state index contributed by atoms with van der Waals surface area (Å²) in [5.74, 6) is 2.32. The Balaban J connectivity index is 2.16. The lowest BCUT2D eigenvalue weighted by molar-refractivity contribution is 0.640. The van der Waals surface area contributed by atoms with E-state index in [1.54, 1.807) is 0 Å². The van der Waals surface area contributed by atoms with E-state index in [2.05, 4.69) is 48.5 Å². The first-order valence-electron chi connectivity index (χ1n) is 6.97. The van der Waals surface area contributed by atoms with E-state index in [1.165, 1.54) is 16.9 Å². The van der Waals surface area contributed by atoms with Crippen LogP contribution in [-0.2, 0) is 6.42 Å². The van der Waals surface area contributed by atoms with Crippen LogP contribution in [0.15, 0.2) is 12.3 Å². The summed E-state index contributed by atoms with van der Waals surface area (Å²) in [7, 11) is 0. The molecule has 0 bridgehead atoms. The second-order valence-electron chi connectivity index (χ2n) is 6.20. The molecular weight excluding hydrogens is 254 g/mol. The topological polar surface area (TPSA) is 42.1 Å². The molecule has 0 aliphatic carbocycles. The van der Waals surface area contributed by atoms with Crippen molar-refractivity contribution >= 4 is 17.6 Å². The Labute approximate surface area is 121 Å². The smallest absolute Gasteiger partial charge is 0.131 e. The maximum Gasteiger partial charge on any atom is 0.131 e. The van der Waals surface area contributed by atoms with E-state index < -0.39 is 0 Å². The van der Waals surface area contributed by atoms with Crippen LogP contribution in [0, 0.1) is 6.92 Å². The van der Waals surface area contributed by atoms with Gasteiger partial charge in [0.05, 0.1) is 0 Å². The predicted molar refractivity (Wildman–Crippen MR) is 85.1 cm³/mol. The van der Waals surface area contributed by atoms with Gasteiger partial charge in [-0.05, 0) is 45.2 Å². The molecule has 1 aliphatic rings. The third-order valence-corrected chi connectivity index (χ3v) is 4.69. The van der Waals surface area contributed by atoms with Crippen molar-refractivity contribution in [3.8, 4) is 0 Å². The number of anilines is 1. The fourth-order valence-corrected chi connectivity index (χ4v) is 3.75. The lowest BCUT2D eigenvalue weighted by Gasteiger charge is -2.38. The second-order valence-corrected chi connectivity index (χ2v) is 8.00. The van der Waals surface area contributed by atoms with Crippen molar-refractivity contribution in [2.75, 3.05) is 23.7 Å². The molecule has 1 unspecified atom stereocenters. The van der Waals surface area contributed by atoms with E-state index in [9.17, 15) is 0 Å². The van der Waals surface area contributed by atoms with Crippen LogP contribution in [0.2, 0.25) is 0 Å². The Morgan fingerprint density at radius 3 is 2.84 bits per heavy atom. The minimum atomic E-state index is 0.192. The highest BCUT2D eigenvalue weighted by atomic mass is 32.2. The molecule has 19 heavy (non-hydrogen) atoms. The van der Waals surface area contributed by atoms with Crippen LogP contribution in [0.4, 0.5) is 5.82 Å². The van der Waals surface area contributed by atoms with Gasteiger partial charge in [0.25, 0.3) is 0 Å². The van der Waals surface area contributed by atoms with Gasteiger partial charge in [-0.15, -0.1) is 0 Å². The van der Waals surface area contributed by atoms with Gasteiger partial charge in [-0.25, -0.2) is 4.98 Å². The summed E-state index contributed by atoms with van der Waals surface area (Å²) in [5, 5.41) is 0. The van der Waals surface area contributed by atoms with Gasteiger partial charge in [0.1, 0.15) is 5.82 Å². The first-order valence-corrected chi connectivity index (χ1v) is 7.96. The van der Waals surface area contributed by atoms with Gasteiger partial charge in [0, 0.05) is 35.8 Å². The van der Waals surface area contributed by atoms with Crippen LogP contribution >= 0.6 is 11.8 Å². The average molecular weight is 279 g/mol. The number of hydrogen-bond donors (Lipinski definition) is 1. The highest BCUT2D eigenvalue weighted by Gasteiger charge is 2.28.